The molecule has 298 valence electrons. The monoisotopic (exact) mass is 812 g/mol. The lowest BCUT2D eigenvalue weighted by atomic mass is 9.91. The smallest absolute Gasteiger partial charge is 0.160 e. The van der Waals surface area contributed by atoms with Gasteiger partial charge in [0.05, 0.1) is 11.4 Å². The first-order chi connectivity index (χ1) is 31.7. The third-order valence-electron chi connectivity index (χ3n) is 12.6. The Morgan fingerprint density at radius 2 is 0.578 bits per heavy atom. The van der Waals surface area contributed by atoms with Gasteiger partial charge in [-0.3, -0.25) is 0 Å². The van der Waals surface area contributed by atoms with E-state index in [1.807, 2.05) is 0 Å². The molecule has 0 spiro atoms. The topological polar surface area (TPSA) is 25.8 Å². The van der Waals surface area contributed by atoms with Gasteiger partial charge in [-0.15, -0.1) is 0 Å². The molecule has 64 heavy (non-hydrogen) atoms. The fourth-order valence-corrected chi connectivity index (χ4v) is 9.47. The first kappa shape index (κ1) is 37.3. The van der Waals surface area contributed by atoms with Gasteiger partial charge in [0.1, 0.15) is 0 Å². The number of aromatic nitrogens is 2. The molecule has 0 amide bonds. The van der Waals surface area contributed by atoms with Crippen LogP contribution in [0, 0.1) is 0 Å². The van der Waals surface area contributed by atoms with Crippen LogP contribution in [0.3, 0.4) is 0 Å². The maximum absolute atomic E-state index is 5.36. The van der Waals surface area contributed by atoms with E-state index in [1.165, 1.54) is 70.9 Å². The van der Waals surface area contributed by atoms with Crippen LogP contribution in [-0.4, -0.2) is 9.97 Å². The summed E-state index contributed by atoms with van der Waals surface area (Å²) < 4.78 is 0. The van der Waals surface area contributed by atoms with Crippen molar-refractivity contribution in [2.24, 2.45) is 0 Å². The second kappa shape index (κ2) is 15.8. The summed E-state index contributed by atoms with van der Waals surface area (Å²) in [5.74, 6) is 0.683. The summed E-state index contributed by atoms with van der Waals surface area (Å²) in [4.78, 5) is 10.7. The third-order valence-corrected chi connectivity index (χ3v) is 12.6. The molecule has 2 heteroatoms. The van der Waals surface area contributed by atoms with Crippen LogP contribution < -0.4 is 0 Å². The number of hydrogen-bond donors (Lipinski definition) is 0. The Labute approximate surface area is 372 Å². The number of hydrogen-bond acceptors (Lipinski definition) is 2. The number of nitrogens with zero attached hydrogens (tertiary/aromatic N) is 2. The second-order valence-electron chi connectivity index (χ2n) is 16.5. The molecule has 0 fully saturated rings. The molecule has 1 heterocycles. The Kier molecular flexibility index (Phi) is 9.20. The molecule has 0 saturated carbocycles. The third kappa shape index (κ3) is 6.79. The molecule has 1 aromatic heterocycles. The lowest BCUT2D eigenvalue weighted by Gasteiger charge is -2.14. The van der Waals surface area contributed by atoms with Crippen molar-refractivity contribution < 1.29 is 0 Å². The van der Waals surface area contributed by atoms with Crippen LogP contribution in [-0.2, 0) is 0 Å². The summed E-state index contributed by atoms with van der Waals surface area (Å²) in [6.07, 6.45) is 0. The van der Waals surface area contributed by atoms with Gasteiger partial charge in [-0.1, -0.05) is 206 Å². The zero-order valence-electron chi connectivity index (χ0n) is 35.0. The molecule has 0 atom stereocenters. The number of benzene rings is 11. The summed E-state index contributed by atoms with van der Waals surface area (Å²) in [6, 6.07) is 87.2. The molecule has 0 saturated heterocycles. The van der Waals surface area contributed by atoms with Crippen molar-refractivity contribution in [1.29, 1.82) is 0 Å². The Hall–Kier alpha value is -8.46. The minimum Gasteiger partial charge on any atom is -0.228 e. The number of fused-ring (bicyclic) bond motifs is 6. The minimum absolute atomic E-state index is 0.683. The van der Waals surface area contributed by atoms with Gasteiger partial charge >= 0.3 is 0 Å². The van der Waals surface area contributed by atoms with Crippen LogP contribution in [0.2, 0.25) is 0 Å². The fraction of sp³-hybridized carbons (Fsp3) is 0. The van der Waals surface area contributed by atoms with Crippen LogP contribution in [0.4, 0.5) is 0 Å². The molecule has 11 aromatic carbocycles. The van der Waals surface area contributed by atoms with E-state index in [1.54, 1.807) is 0 Å². The van der Waals surface area contributed by atoms with Crippen LogP contribution in [0.15, 0.2) is 243 Å². The first-order valence-electron chi connectivity index (χ1n) is 21.9. The van der Waals surface area contributed by atoms with Crippen LogP contribution in [0.1, 0.15) is 0 Å². The SMILES string of the molecule is c1ccc(-c2ccc(-c3cc(-c4cccc(-c5cccc(-c6cc7ccccc7c7ccccc67)c5)c4)nc(-c4cccc(-c5cc6ccccc6c6ccccc56)c4)n3)cc2)cc1. The van der Waals surface area contributed by atoms with Crippen LogP contribution in [0.5, 0.6) is 0 Å². The van der Waals surface area contributed by atoms with Gasteiger partial charge in [-0.2, -0.15) is 0 Å². The van der Waals surface area contributed by atoms with Gasteiger partial charge in [-0.25, -0.2) is 9.97 Å². The molecule has 0 N–H and O–H groups in total. The van der Waals surface area contributed by atoms with E-state index in [9.17, 15) is 0 Å². The van der Waals surface area contributed by atoms with Crippen LogP contribution in [0.25, 0.3) is 122 Å². The molecule has 12 aromatic rings. The molecule has 2 nitrogen and oxygen atoms in total. The standard InChI is InChI=1S/C62H40N2/c1-2-15-41(16-3-1)42-31-33-43(34-32-42)60-40-61(64-62(63-60)51-24-14-22-47(37-51)59-39-49-18-5-7-26-53(49)55-28-9-11-30-57(55)59)50-23-13-20-45(36-50)44-19-12-21-46(35-44)58-38-48-17-4-6-25-52(48)54-27-8-10-29-56(54)58/h1-40H. The molecular formula is C62H40N2. The predicted octanol–water partition coefficient (Wildman–Crippen LogP) is 16.8. The highest BCUT2D eigenvalue weighted by molar-refractivity contribution is 6.15. The molecule has 0 aliphatic heterocycles. The lowest BCUT2D eigenvalue weighted by molar-refractivity contribution is 1.18. The van der Waals surface area contributed by atoms with E-state index in [-0.39, 0.29) is 0 Å². The minimum atomic E-state index is 0.683. The van der Waals surface area contributed by atoms with Crippen molar-refractivity contribution in [2.45, 2.75) is 0 Å². The Morgan fingerprint density at radius 1 is 0.203 bits per heavy atom. The van der Waals surface area contributed by atoms with Gasteiger partial charge in [0.15, 0.2) is 5.82 Å². The van der Waals surface area contributed by atoms with E-state index in [0.717, 1.165) is 44.8 Å². The predicted molar refractivity (Wildman–Crippen MR) is 270 cm³/mol. The summed E-state index contributed by atoms with van der Waals surface area (Å²) >= 11 is 0. The Morgan fingerprint density at radius 3 is 1.16 bits per heavy atom. The summed E-state index contributed by atoms with van der Waals surface area (Å²) in [5, 5.41) is 9.98. The molecule has 0 unspecified atom stereocenters. The highest BCUT2D eigenvalue weighted by Gasteiger charge is 2.16. The van der Waals surface area contributed by atoms with Crippen molar-refractivity contribution >= 4 is 43.1 Å². The fourth-order valence-electron chi connectivity index (χ4n) is 9.47. The van der Waals surface area contributed by atoms with Gasteiger partial charge in [0.2, 0.25) is 0 Å². The molecule has 0 radical (unpaired) electrons. The van der Waals surface area contributed by atoms with Gasteiger partial charge in [0.25, 0.3) is 0 Å². The van der Waals surface area contributed by atoms with E-state index >= 15 is 0 Å². The number of rotatable bonds is 7. The highest BCUT2D eigenvalue weighted by Crippen LogP contribution is 2.39. The quantitative estimate of drug-likeness (QED) is 0.150. The van der Waals surface area contributed by atoms with E-state index in [0.29, 0.717) is 5.82 Å². The Balaban J connectivity index is 0.979. The normalized spacial score (nSPS) is 11.4. The molecule has 0 aliphatic carbocycles. The average Bonchev–Trinajstić information content (AvgIpc) is 3.38. The maximum Gasteiger partial charge on any atom is 0.160 e. The van der Waals surface area contributed by atoms with Gasteiger partial charge in [-0.05, 0) is 124 Å². The van der Waals surface area contributed by atoms with Crippen molar-refractivity contribution in [3.63, 3.8) is 0 Å². The summed E-state index contributed by atoms with van der Waals surface area (Å²) in [5.41, 5.74) is 14.1. The average molecular weight is 813 g/mol. The van der Waals surface area contributed by atoms with E-state index < -0.39 is 0 Å². The van der Waals surface area contributed by atoms with Gasteiger partial charge < -0.3 is 0 Å². The highest BCUT2D eigenvalue weighted by atomic mass is 14.9. The van der Waals surface area contributed by atoms with Gasteiger partial charge in [0, 0.05) is 16.7 Å². The van der Waals surface area contributed by atoms with E-state index in [4.69, 9.17) is 9.97 Å². The van der Waals surface area contributed by atoms with Crippen molar-refractivity contribution in [3.8, 4) is 78.4 Å². The Bertz CT molecular complexity index is 3720. The molecular weight excluding hydrogens is 773 g/mol. The molecule has 12 rings (SSSR count). The second-order valence-corrected chi connectivity index (χ2v) is 16.5. The van der Waals surface area contributed by atoms with E-state index in [2.05, 4.69) is 243 Å². The molecule has 0 bridgehead atoms. The zero-order valence-corrected chi connectivity index (χ0v) is 35.0. The van der Waals surface area contributed by atoms with Crippen molar-refractivity contribution in [2.75, 3.05) is 0 Å². The van der Waals surface area contributed by atoms with Crippen molar-refractivity contribution in [3.05, 3.63) is 243 Å². The molecule has 0 aliphatic rings. The maximum atomic E-state index is 5.36. The summed E-state index contributed by atoms with van der Waals surface area (Å²) in [7, 11) is 0. The lowest BCUT2D eigenvalue weighted by Crippen LogP contribution is -1.96. The van der Waals surface area contributed by atoms with Crippen LogP contribution >= 0.6 is 0 Å². The first-order valence-corrected chi connectivity index (χ1v) is 21.9. The largest absolute Gasteiger partial charge is 0.228 e. The zero-order chi connectivity index (χ0) is 42.4. The summed E-state index contributed by atoms with van der Waals surface area (Å²) in [6.45, 7) is 0. The van der Waals surface area contributed by atoms with Crippen molar-refractivity contribution in [1.82, 2.24) is 9.97 Å².